The number of carbonyl (C=O) groups is 2. The predicted molar refractivity (Wildman–Crippen MR) is 96.5 cm³/mol. The minimum atomic E-state index is -0.939. The standard InChI is InChI=1S/C19H18ClNO4/c20-17-9-8-14(11-16(17)12-18(22)23)7-4-10-21-19(24)25-13-15-5-2-1-3-6-15/h1-9,11H,10,12-13H2,(H,21,24)(H,22,23). The summed E-state index contributed by atoms with van der Waals surface area (Å²) in [5.74, 6) is -0.939. The lowest BCUT2D eigenvalue weighted by molar-refractivity contribution is -0.136. The van der Waals surface area contributed by atoms with E-state index in [1.807, 2.05) is 30.3 Å². The molecule has 0 saturated carbocycles. The average Bonchev–Trinajstić information content (AvgIpc) is 2.60. The largest absolute Gasteiger partial charge is 0.481 e. The van der Waals surface area contributed by atoms with Crippen molar-refractivity contribution in [2.24, 2.45) is 0 Å². The van der Waals surface area contributed by atoms with Crippen LogP contribution in [0.3, 0.4) is 0 Å². The molecule has 0 unspecified atom stereocenters. The number of rotatable bonds is 7. The van der Waals surface area contributed by atoms with Crippen LogP contribution in [-0.2, 0) is 22.6 Å². The van der Waals surface area contributed by atoms with Gasteiger partial charge in [0.15, 0.2) is 0 Å². The molecule has 2 rings (SSSR count). The van der Waals surface area contributed by atoms with E-state index in [9.17, 15) is 9.59 Å². The van der Waals surface area contributed by atoms with Crippen molar-refractivity contribution < 1.29 is 19.4 Å². The number of carboxylic acids is 1. The smallest absolute Gasteiger partial charge is 0.407 e. The number of amides is 1. The SMILES string of the molecule is O=C(O)Cc1cc(C=CCNC(=O)OCc2ccccc2)ccc1Cl. The molecule has 25 heavy (non-hydrogen) atoms. The maximum atomic E-state index is 11.6. The number of aliphatic carboxylic acids is 1. The Kier molecular flexibility index (Phi) is 7.04. The van der Waals surface area contributed by atoms with Gasteiger partial charge in [0, 0.05) is 11.6 Å². The van der Waals surface area contributed by atoms with Crippen molar-refractivity contribution in [2.75, 3.05) is 6.54 Å². The van der Waals surface area contributed by atoms with Gasteiger partial charge in [-0.2, -0.15) is 0 Å². The third-order valence-electron chi connectivity index (χ3n) is 3.30. The number of alkyl carbamates (subject to hydrolysis) is 1. The molecule has 0 heterocycles. The molecule has 2 aromatic carbocycles. The number of ether oxygens (including phenoxy) is 1. The summed E-state index contributed by atoms with van der Waals surface area (Å²) in [6, 6.07) is 14.5. The van der Waals surface area contributed by atoms with Crippen molar-refractivity contribution in [1.82, 2.24) is 5.32 Å². The zero-order valence-electron chi connectivity index (χ0n) is 13.4. The summed E-state index contributed by atoms with van der Waals surface area (Å²) < 4.78 is 5.09. The molecule has 2 N–H and O–H groups in total. The highest BCUT2D eigenvalue weighted by atomic mass is 35.5. The van der Waals surface area contributed by atoms with Gasteiger partial charge < -0.3 is 15.2 Å². The zero-order valence-corrected chi connectivity index (χ0v) is 14.2. The highest BCUT2D eigenvalue weighted by Crippen LogP contribution is 2.19. The molecule has 0 saturated heterocycles. The summed E-state index contributed by atoms with van der Waals surface area (Å²) in [7, 11) is 0. The Morgan fingerprint density at radius 2 is 1.92 bits per heavy atom. The van der Waals surface area contributed by atoms with Gasteiger partial charge in [0.2, 0.25) is 0 Å². The van der Waals surface area contributed by atoms with Crippen molar-refractivity contribution in [1.29, 1.82) is 0 Å². The molecule has 0 radical (unpaired) electrons. The summed E-state index contributed by atoms with van der Waals surface area (Å²) >= 11 is 5.97. The maximum absolute atomic E-state index is 11.6. The molecule has 2 aromatic rings. The Morgan fingerprint density at radius 3 is 2.64 bits per heavy atom. The van der Waals surface area contributed by atoms with Gasteiger partial charge in [-0.3, -0.25) is 4.79 Å². The fourth-order valence-corrected chi connectivity index (χ4v) is 2.29. The molecule has 0 spiro atoms. The second kappa shape index (κ2) is 9.49. The summed E-state index contributed by atoms with van der Waals surface area (Å²) in [6.45, 7) is 0.511. The Balaban J connectivity index is 1.79. The molecule has 0 bridgehead atoms. The van der Waals surface area contributed by atoms with Gasteiger partial charge in [-0.05, 0) is 28.8 Å². The van der Waals surface area contributed by atoms with E-state index in [1.165, 1.54) is 0 Å². The molecule has 0 aliphatic heterocycles. The monoisotopic (exact) mass is 359 g/mol. The fraction of sp³-hybridized carbons (Fsp3) is 0.158. The molecule has 0 aliphatic carbocycles. The second-order valence-corrected chi connectivity index (χ2v) is 5.67. The quantitative estimate of drug-likeness (QED) is 0.786. The van der Waals surface area contributed by atoms with E-state index in [4.69, 9.17) is 21.4 Å². The molecular formula is C19H18ClNO4. The first-order chi connectivity index (χ1) is 12.0. The van der Waals surface area contributed by atoms with Crippen LogP contribution < -0.4 is 5.32 Å². The zero-order chi connectivity index (χ0) is 18.1. The molecule has 0 atom stereocenters. The van der Waals surface area contributed by atoms with Crippen molar-refractivity contribution in [3.05, 3.63) is 76.3 Å². The third-order valence-corrected chi connectivity index (χ3v) is 3.67. The van der Waals surface area contributed by atoms with Gasteiger partial charge >= 0.3 is 12.1 Å². The minimum Gasteiger partial charge on any atom is -0.481 e. The van der Waals surface area contributed by atoms with Gasteiger partial charge in [0.1, 0.15) is 6.61 Å². The van der Waals surface area contributed by atoms with Crippen LogP contribution in [0.5, 0.6) is 0 Å². The van der Waals surface area contributed by atoms with E-state index in [0.717, 1.165) is 11.1 Å². The van der Waals surface area contributed by atoms with Crippen LogP contribution in [0, 0.1) is 0 Å². The Bertz CT molecular complexity index is 759. The number of nitrogens with one attached hydrogen (secondary N) is 1. The number of halogens is 1. The van der Waals surface area contributed by atoms with Crippen LogP contribution in [0.25, 0.3) is 6.08 Å². The van der Waals surface area contributed by atoms with Crippen LogP contribution in [0.15, 0.2) is 54.6 Å². The highest BCUT2D eigenvalue weighted by molar-refractivity contribution is 6.31. The molecule has 0 aromatic heterocycles. The minimum absolute atomic E-state index is 0.134. The number of carbonyl (C=O) groups excluding carboxylic acids is 1. The normalized spacial score (nSPS) is 10.6. The second-order valence-electron chi connectivity index (χ2n) is 5.27. The van der Waals surface area contributed by atoms with Crippen molar-refractivity contribution in [3.8, 4) is 0 Å². The van der Waals surface area contributed by atoms with E-state index in [2.05, 4.69) is 5.32 Å². The first-order valence-electron chi connectivity index (χ1n) is 7.66. The van der Waals surface area contributed by atoms with E-state index < -0.39 is 12.1 Å². The molecule has 1 amide bonds. The van der Waals surface area contributed by atoms with Crippen molar-refractivity contribution in [3.63, 3.8) is 0 Å². The van der Waals surface area contributed by atoms with E-state index >= 15 is 0 Å². The summed E-state index contributed by atoms with van der Waals surface area (Å²) in [5, 5.41) is 11.9. The molecule has 0 aliphatic rings. The molecule has 6 heteroatoms. The van der Waals surface area contributed by atoms with E-state index in [1.54, 1.807) is 30.4 Å². The summed E-state index contributed by atoms with van der Waals surface area (Å²) in [5.41, 5.74) is 2.27. The van der Waals surface area contributed by atoms with Crippen LogP contribution in [-0.4, -0.2) is 23.7 Å². The van der Waals surface area contributed by atoms with Crippen molar-refractivity contribution >= 4 is 29.7 Å². The number of hydrogen-bond acceptors (Lipinski definition) is 3. The van der Waals surface area contributed by atoms with Crippen molar-refractivity contribution in [2.45, 2.75) is 13.0 Å². The molecule has 130 valence electrons. The predicted octanol–water partition coefficient (Wildman–Crippen LogP) is 3.91. The lowest BCUT2D eigenvalue weighted by Crippen LogP contribution is -2.24. The maximum Gasteiger partial charge on any atom is 0.407 e. The molecule has 0 fully saturated rings. The highest BCUT2D eigenvalue weighted by Gasteiger charge is 2.05. The number of benzene rings is 2. The van der Waals surface area contributed by atoms with Gasteiger partial charge in [-0.15, -0.1) is 0 Å². The average molecular weight is 360 g/mol. The van der Waals surface area contributed by atoms with Crippen LogP contribution in [0.4, 0.5) is 4.79 Å². The first kappa shape index (κ1) is 18.5. The lowest BCUT2D eigenvalue weighted by atomic mass is 10.1. The van der Waals surface area contributed by atoms with Gasteiger partial charge in [0.25, 0.3) is 0 Å². The van der Waals surface area contributed by atoms with Crippen LogP contribution >= 0.6 is 11.6 Å². The first-order valence-corrected chi connectivity index (χ1v) is 8.03. The Morgan fingerprint density at radius 1 is 1.16 bits per heavy atom. The van der Waals surface area contributed by atoms with Gasteiger partial charge in [0.05, 0.1) is 6.42 Å². The van der Waals surface area contributed by atoms with Crippen LogP contribution in [0.2, 0.25) is 5.02 Å². The Labute approximate surface area is 150 Å². The van der Waals surface area contributed by atoms with E-state index in [-0.39, 0.29) is 13.0 Å². The summed E-state index contributed by atoms with van der Waals surface area (Å²) in [4.78, 5) is 22.4. The molecular weight excluding hydrogens is 342 g/mol. The third kappa shape index (κ3) is 6.69. The van der Waals surface area contributed by atoms with Gasteiger partial charge in [-0.1, -0.05) is 60.2 Å². The Hall–Kier alpha value is -2.79. The number of hydrogen-bond donors (Lipinski definition) is 2. The number of carboxylic acid groups (broad SMARTS) is 1. The fourth-order valence-electron chi connectivity index (χ4n) is 2.11. The topological polar surface area (TPSA) is 75.6 Å². The lowest BCUT2D eigenvalue weighted by Gasteiger charge is -2.05. The van der Waals surface area contributed by atoms with Gasteiger partial charge in [-0.25, -0.2) is 4.79 Å². The summed E-state index contributed by atoms with van der Waals surface area (Å²) in [6.07, 6.45) is 2.89. The van der Waals surface area contributed by atoms with Crippen LogP contribution in [0.1, 0.15) is 16.7 Å². The molecule has 5 nitrogen and oxygen atoms in total. The van der Waals surface area contributed by atoms with E-state index in [0.29, 0.717) is 17.1 Å².